The van der Waals surface area contributed by atoms with Crippen molar-refractivity contribution in [2.75, 3.05) is 6.54 Å². The number of nitrogens with one attached hydrogen (secondary N) is 3. The molecule has 23 heavy (non-hydrogen) atoms. The average Bonchev–Trinajstić information content (AvgIpc) is 3.21. The van der Waals surface area contributed by atoms with Crippen LogP contribution in [0.4, 0.5) is 4.79 Å². The number of carbonyl (C=O) groups excluding carboxylic acids is 3. The summed E-state index contributed by atoms with van der Waals surface area (Å²) in [6.45, 7) is 0.352. The van der Waals surface area contributed by atoms with Crippen LogP contribution in [0.15, 0.2) is 4.52 Å². The molecule has 1 aromatic heterocycles. The molecule has 124 valence electrons. The number of rotatable bonds is 6. The lowest BCUT2D eigenvalue weighted by Crippen LogP contribution is -2.36. The van der Waals surface area contributed by atoms with E-state index in [4.69, 9.17) is 4.52 Å². The van der Waals surface area contributed by atoms with Crippen LogP contribution in [0, 0.1) is 0 Å². The van der Waals surface area contributed by atoms with Crippen molar-refractivity contribution >= 4 is 17.8 Å². The molecule has 1 aliphatic heterocycles. The fourth-order valence-corrected chi connectivity index (χ4v) is 2.88. The third-order valence-corrected chi connectivity index (χ3v) is 4.11. The minimum Gasteiger partial charge on any atom is -0.356 e. The van der Waals surface area contributed by atoms with Crippen LogP contribution in [0.25, 0.3) is 0 Å². The van der Waals surface area contributed by atoms with E-state index in [2.05, 4.69) is 26.1 Å². The molecule has 2 heterocycles. The number of hydrogen-bond donors (Lipinski definition) is 3. The topological polar surface area (TPSA) is 126 Å². The Morgan fingerprint density at radius 3 is 2.78 bits per heavy atom. The highest BCUT2D eigenvalue weighted by atomic mass is 16.5. The molecule has 1 atom stereocenters. The molecule has 0 bridgehead atoms. The molecule has 1 saturated carbocycles. The predicted octanol–water partition coefficient (Wildman–Crippen LogP) is -0.0160. The van der Waals surface area contributed by atoms with E-state index in [1.807, 2.05) is 0 Å². The Kier molecular flexibility index (Phi) is 4.54. The molecule has 2 aliphatic rings. The van der Waals surface area contributed by atoms with E-state index in [1.165, 1.54) is 12.8 Å². The lowest BCUT2D eigenvalue weighted by molar-refractivity contribution is -0.126. The summed E-state index contributed by atoms with van der Waals surface area (Å²) in [5.74, 6) is 0.833. The van der Waals surface area contributed by atoms with Gasteiger partial charge in [0.15, 0.2) is 5.82 Å². The lowest BCUT2D eigenvalue weighted by atomic mass is 10.1. The normalized spacial score (nSPS) is 21.3. The summed E-state index contributed by atoms with van der Waals surface area (Å²) in [7, 11) is 0. The van der Waals surface area contributed by atoms with E-state index in [0.29, 0.717) is 30.6 Å². The number of hydrogen-bond acceptors (Lipinski definition) is 6. The molecule has 3 rings (SSSR count). The summed E-state index contributed by atoms with van der Waals surface area (Å²) in [5.41, 5.74) is 0. The highest BCUT2D eigenvalue weighted by Crippen LogP contribution is 2.32. The summed E-state index contributed by atoms with van der Waals surface area (Å²) in [6.07, 6.45) is 4.96. The van der Waals surface area contributed by atoms with Crippen LogP contribution < -0.4 is 16.0 Å². The second-order valence-electron chi connectivity index (χ2n) is 5.85. The Morgan fingerprint density at radius 2 is 2.09 bits per heavy atom. The van der Waals surface area contributed by atoms with Gasteiger partial charge in [0.1, 0.15) is 6.04 Å². The van der Waals surface area contributed by atoms with Crippen molar-refractivity contribution in [3.05, 3.63) is 11.7 Å². The zero-order valence-corrected chi connectivity index (χ0v) is 12.6. The third kappa shape index (κ3) is 3.85. The first-order chi connectivity index (χ1) is 11.1. The van der Waals surface area contributed by atoms with Crippen LogP contribution in [0.3, 0.4) is 0 Å². The maximum absolute atomic E-state index is 11.7. The van der Waals surface area contributed by atoms with Gasteiger partial charge in [0.2, 0.25) is 11.8 Å². The minimum absolute atomic E-state index is 0.0862. The molecule has 9 heteroatoms. The molecule has 1 aliphatic carbocycles. The first-order valence-electron chi connectivity index (χ1n) is 7.82. The van der Waals surface area contributed by atoms with Gasteiger partial charge in [-0.1, -0.05) is 18.0 Å². The Balaban J connectivity index is 1.40. The van der Waals surface area contributed by atoms with Crippen molar-refractivity contribution in [2.24, 2.45) is 0 Å². The summed E-state index contributed by atoms with van der Waals surface area (Å²) < 4.78 is 5.27. The summed E-state index contributed by atoms with van der Waals surface area (Å²) >= 11 is 0. The highest BCUT2D eigenvalue weighted by Gasteiger charge is 2.31. The first kappa shape index (κ1) is 15.4. The molecule has 1 aromatic rings. The first-order valence-corrected chi connectivity index (χ1v) is 7.82. The van der Waals surface area contributed by atoms with Gasteiger partial charge in [-0.05, 0) is 12.8 Å². The number of imide groups is 1. The number of urea groups is 1. The maximum atomic E-state index is 11.7. The second kappa shape index (κ2) is 6.76. The van der Waals surface area contributed by atoms with Crippen molar-refractivity contribution in [3.8, 4) is 0 Å². The van der Waals surface area contributed by atoms with Crippen molar-refractivity contribution in [2.45, 2.75) is 50.5 Å². The average molecular weight is 321 g/mol. The zero-order chi connectivity index (χ0) is 16.2. The van der Waals surface area contributed by atoms with Gasteiger partial charge in [0, 0.05) is 18.9 Å². The molecular formula is C14H19N5O4. The molecular weight excluding hydrogens is 302 g/mol. The number of aromatic nitrogens is 2. The monoisotopic (exact) mass is 321 g/mol. The number of amides is 4. The van der Waals surface area contributed by atoms with E-state index in [1.54, 1.807) is 0 Å². The van der Waals surface area contributed by atoms with Gasteiger partial charge in [0.05, 0.1) is 6.42 Å². The van der Waals surface area contributed by atoms with Gasteiger partial charge in [-0.2, -0.15) is 4.98 Å². The molecule has 3 N–H and O–H groups in total. The number of carbonyl (C=O) groups is 3. The highest BCUT2D eigenvalue weighted by molar-refractivity contribution is 6.05. The van der Waals surface area contributed by atoms with Gasteiger partial charge < -0.3 is 15.2 Å². The van der Waals surface area contributed by atoms with Crippen LogP contribution in [0.5, 0.6) is 0 Å². The lowest BCUT2D eigenvalue weighted by Gasteiger charge is -2.07. The Morgan fingerprint density at radius 1 is 1.30 bits per heavy atom. The minimum atomic E-state index is -0.804. The maximum Gasteiger partial charge on any atom is 0.322 e. The van der Waals surface area contributed by atoms with Crippen molar-refractivity contribution in [3.63, 3.8) is 0 Å². The van der Waals surface area contributed by atoms with E-state index >= 15 is 0 Å². The van der Waals surface area contributed by atoms with Crippen LogP contribution >= 0.6 is 0 Å². The second-order valence-corrected chi connectivity index (χ2v) is 5.85. The third-order valence-electron chi connectivity index (χ3n) is 4.11. The van der Waals surface area contributed by atoms with Crippen LogP contribution in [-0.4, -0.2) is 40.6 Å². The van der Waals surface area contributed by atoms with Gasteiger partial charge in [0.25, 0.3) is 5.91 Å². The fraction of sp³-hybridized carbons (Fsp3) is 0.643. The standard InChI is InChI=1S/C14H19N5O4/c20-11(7-9-12(21)18-14(22)16-9)15-6-5-10-17-13(23-19-10)8-3-1-2-4-8/h8-9H,1-7H2,(H,15,20)(H2,16,18,21,22). The molecule has 4 amide bonds. The molecule has 1 saturated heterocycles. The Labute approximate surface area is 132 Å². The van der Waals surface area contributed by atoms with Crippen molar-refractivity contribution in [1.82, 2.24) is 26.1 Å². The van der Waals surface area contributed by atoms with Crippen LogP contribution in [-0.2, 0) is 16.0 Å². The van der Waals surface area contributed by atoms with E-state index in [0.717, 1.165) is 12.8 Å². The SMILES string of the molecule is O=C(CC1NC(=O)NC1=O)NCCc1noc(C2CCCC2)n1. The summed E-state index contributed by atoms with van der Waals surface area (Å²) in [5, 5.41) is 11.1. The summed E-state index contributed by atoms with van der Waals surface area (Å²) in [4.78, 5) is 38.4. The largest absolute Gasteiger partial charge is 0.356 e. The Bertz CT molecular complexity index is 608. The van der Waals surface area contributed by atoms with Gasteiger partial charge in [-0.15, -0.1) is 0 Å². The molecule has 1 unspecified atom stereocenters. The molecule has 2 fully saturated rings. The Hall–Kier alpha value is -2.45. The predicted molar refractivity (Wildman–Crippen MR) is 77.3 cm³/mol. The fourth-order valence-electron chi connectivity index (χ4n) is 2.88. The van der Waals surface area contributed by atoms with E-state index in [-0.39, 0.29) is 12.3 Å². The van der Waals surface area contributed by atoms with Gasteiger partial charge >= 0.3 is 6.03 Å². The smallest absolute Gasteiger partial charge is 0.322 e. The summed E-state index contributed by atoms with van der Waals surface area (Å²) in [6, 6.07) is -1.37. The van der Waals surface area contributed by atoms with Gasteiger partial charge in [-0.25, -0.2) is 4.79 Å². The van der Waals surface area contributed by atoms with Gasteiger partial charge in [-0.3, -0.25) is 14.9 Å². The molecule has 0 spiro atoms. The quantitative estimate of drug-likeness (QED) is 0.632. The zero-order valence-electron chi connectivity index (χ0n) is 12.6. The van der Waals surface area contributed by atoms with E-state index < -0.39 is 18.0 Å². The molecule has 0 radical (unpaired) electrons. The molecule has 9 nitrogen and oxygen atoms in total. The van der Waals surface area contributed by atoms with Crippen molar-refractivity contribution < 1.29 is 18.9 Å². The van der Waals surface area contributed by atoms with E-state index in [9.17, 15) is 14.4 Å². The van der Waals surface area contributed by atoms with Crippen molar-refractivity contribution in [1.29, 1.82) is 0 Å². The van der Waals surface area contributed by atoms with Crippen LogP contribution in [0.1, 0.15) is 49.7 Å². The number of nitrogens with zero attached hydrogens (tertiary/aromatic N) is 2. The molecule has 0 aromatic carbocycles. The van der Waals surface area contributed by atoms with Crippen LogP contribution in [0.2, 0.25) is 0 Å².